The number of ketones is 2. The van der Waals surface area contributed by atoms with Gasteiger partial charge in [0.2, 0.25) is 0 Å². The Labute approximate surface area is 172 Å². The van der Waals surface area contributed by atoms with Crippen LogP contribution in [0.4, 0.5) is 0 Å². The molecule has 0 bridgehead atoms. The average molecular weight is 392 g/mol. The zero-order chi connectivity index (χ0) is 20.8. The Morgan fingerprint density at radius 2 is 1.62 bits per heavy atom. The molecule has 0 aromatic heterocycles. The molecule has 4 nitrogen and oxygen atoms in total. The van der Waals surface area contributed by atoms with Gasteiger partial charge in [-0.1, -0.05) is 12.1 Å². The number of fused-ring (bicyclic) bond motifs is 1. The number of carbonyl (C=O) groups is 2. The lowest BCUT2D eigenvalue weighted by atomic mass is 9.82. The smallest absolute Gasteiger partial charge is 0.176 e. The third-order valence-electron chi connectivity index (χ3n) is 6.67. The number of nitrogens with zero attached hydrogens (tertiary/aromatic N) is 1. The molecule has 152 valence electrons. The molecule has 4 rings (SSSR count). The summed E-state index contributed by atoms with van der Waals surface area (Å²) in [4.78, 5) is 27.7. The van der Waals surface area contributed by atoms with Crippen molar-refractivity contribution in [1.82, 2.24) is 4.90 Å². The maximum Gasteiger partial charge on any atom is 0.176 e. The molecular formula is C25H29NO3. The predicted octanol–water partition coefficient (Wildman–Crippen LogP) is 4.60. The molecule has 2 aliphatic heterocycles. The molecule has 0 amide bonds. The van der Waals surface area contributed by atoms with Crippen LogP contribution in [-0.2, 0) is 0 Å². The normalized spacial score (nSPS) is 18.4. The van der Waals surface area contributed by atoms with E-state index in [0.717, 1.165) is 53.9 Å². The number of carbonyl (C=O) groups excluding carboxylic acids is 2. The van der Waals surface area contributed by atoms with E-state index in [-0.39, 0.29) is 11.6 Å². The molecule has 4 heteroatoms. The maximum atomic E-state index is 12.8. The third-order valence-corrected chi connectivity index (χ3v) is 6.67. The number of likely N-dealkylation sites (tertiary alicyclic amines) is 1. The summed E-state index contributed by atoms with van der Waals surface area (Å²) in [7, 11) is 0. The zero-order valence-electron chi connectivity index (χ0n) is 17.8. The molecule has 0 atom stereocenters. The highest BCUT2D eigenvalue weighted by Gasteiger charge is 2.43. The number of aryl methyl sites for hydroxylation is 4. The van der Waals surface area contributed by atoms with Gasteiger partial charge in [-0.05, 0) is 68.1 Å². The van der Waals surface area contributed by atoms with Gasteiger partial charge in [-0.3, -0.25) is 14.5 Å². The molecule has 0 unspecified atom stereocenters. The molecule has 29 heavy (non-hydrogen) atoms. The van der Waals surface area contributed by atoms with Gasteiger partial charge in [0, 0.05) is 31.5 Å². The van der Waals surface area contributed by atoms with Crippen molar-refractivity contribution in [3.05, 3.63) is 63.7 Å². The summed E-state index contributed by atoms with van der Waals surface area (Å²) < 4.78 is 6.40. The van der Waals surface area contributed by atoms with E-state index < -0.39 is 5.60 Å². The summed E-state index contributed by atoms with van der Waals surface area (Å²) in [6, 6.07) is 9.86. The van der Waals surface area contributed by atoms with E-state index >= 15 is 0 Å². The van der Waals surface area contributed by atoms with Gasteiger partial charge in [0.25, 0.3) is 0 Å². The van der Waals surface area contributed by atoms with Crippen molar-refractivity contribution in [2.45, 2.75) is 52.6 Å². The Balaban J connectivity index is 1.42. The van der Waals surface area contributed by atoms with Crippen molar-refractivity contribution < 1.29 is 14.3 Å². The summed E-state index contributed by atoms with van der Waals surface area (Å²) in [5.74, 6) is 1.05. The minimum Gasteiger partial charge on any atom is -0.486 e. The van der Waals surface area contributed by atoms with Crippen LogP contribution in [0.5, 0.6) is 5.75 Å². The summed E-state index contributed by atoms with van der Waals surface area (Å²) in [6.07, 6.45) is 1.97. The lowest BCUT2D eigenvalue weighted by molar-refractivity contribution is -0.00806. The number of rotatable bonds is 3. The van der Waals surface area contributed by atoms with E-state index in [1.54, 1.807) is 0 Å². The summed E-state index contributed by atoms with van der Waals surface area (Å²) in [6.45, 7) is 10.1. The van der Waals surface area contributed by atoms with E-state index in [1.807, 2.05) is 51.1 Å². The van der Waals surface area contributed by atoms with Crippen LogP contribution < -0.4 is 4.74 Å². The molecule has 2 aliphatic rings. The van der Waals surface area contributed by atoms with Gasteiger partial charge >= 0.3 is 0 Å². The molecule has 0 aliphatic carbocycles. The van der Waals surface area contributed by atoms with Crippen LogP contribution in [-0.4, -0.2) is 41.7 Å². The fourth-order valence-corrected chi connectivity index (χ4v) is 4.36. The first-order valence-corrected chi connectivity index (χ1v) is 10.4. The van der Waals surface area contributed by atoms with Crippen molar-refractivity contribution in [2.75, 3.05) is 19.6 Å². The first-order chi connectivity index (χ1) is 13.8. The van der Waals surface area contributed by atoms with Crippen molar-refractivity contribution in [3.63, 3.8) is 0 Å². The molecule has 2 heterocycles. The molecule has 2 aromatic rings. The van der Waals surface area contributed by atoms with Crippen LogP contribution in [0, 0.1) is 27.7 Å². The van der Waals surface area contributed by atoms with Crippen molar-refractivity contribution in [3.8, 4) is 5.75 Å². The molecule has 0 radical (unpaired) electrons. The third kappa shape index (κ3) is 3.86. The number of Topliss-reactive ketones (excluding diaryl/α,β-unsaturated/α-hetero) is 2. The maximum absolute atomic E-state index is 12.8. The van der Waals surface area contributed by atoms with Gasteiger partial charge in [-0.15, -0.1) is 0 Å². The number of hydrogen-bond donors (Lipinski definition) is 0. The fraction of sp³-hybridized carbons (Fsp3) is 0.440. The largest absolute Gasteiger partial charge is 0.486 e. The lowest BCUT2D eigenvalue weighted by Crippen LogP contribution is -2.51. The Hall–Kier alpha value is -2.46. The highest BCUT2D eigenvalue weighted by molar-refractivity contribution is 6.00. The second-order valence-electron chi connectivity index (χ2n) is 8.82. The van der Waals surface area contributed by atoms with E-state index in [1.165, 1.54) is 5.56 Å². The zero-order valence-corrected chi connectivity index (χ0v) is 17.8. The predicted molar refractivity (Wildman–Crippen MR) is 114 cm³/mol. The molecule has 1 spiro atoms. The van der Waals surface area contributed by atoms with E-state index in [2.05, 4.69) is 11.8 Å². The fourth-order valence-electron chi connectivity index (χ4n) is 4.36. The van der Waals surface area contributed by atoms with Gasteiger partial charge in [0.1, 0.15) is 11.4 Å². The van der Waals surface area contributed by atoms with Gasteiger partial charge < -0.3 is 4.74 Å². The van der Waals surface area contributed by atoms with Crippen LogP contribution >= 0.6 is 0 Å². The van der Waals surface area contributed by atoms with Crippen LogP contribution in [0.3, 0.4) is 0 Å². The summed E-state index contributed by atoms with van der Waals surface area (Å²) in [5, 5.41) is 0. The molecule has 1 fully saturated rings. The van der Waals surface area contributed by atoms with E-state index in [0.29, 0.717) is 18.5 Å². The second-order valence-corrected chi connectivity index (χ2v) is 8.82. The van der Waals surface area contributed by atoms with Crippen molar-refractivity contribution in [1.29, 1.82) is 0 Å². The Morgan fingerprint density at radius 3 is 2.31 bits per heavy atom. The molecule has 0 N–H and O–H groups in total. The van der Waals surface area contributed by atoms with Crippen molar-refractivity contribution in [2.24, 2.45) is 0 Å². The number of hydrogen-bond acceptors (Lipinski definition) is 4. The minimum absolute atomic E-state index is 0.154. The number of piperidine rings is 1. The first kappa shape index (κ1) is 19.8. The van der Waals surface area contributed by atoms with Gasteiger partial charge in [-0.25, -0.2) is 0 Å². The van der Waals surface area contributed by atoms with Crippen LogP contribution in [0.2, 0.25) is 0 Å². The summed E-state index contributed by atoms with van der Waals surface area (Å²) >= 11 is 0. The van der Waals surface area contributed by atoms with Gasteiger partial charge in [-0.2, -0.15) is 0 Å². The second kappa shape index (κ2) is 7.42. The van der Waals surface area contributed by atoms with Gasteiger partial charge in [0.05, 0.1) is 18.5 Å². The molecular weight excluding hydrogens is 362 g/mol. The average Bonchev–Trinajstić information content (AvgIpc) is 2.68. The molecule has 2 aromatic carbocycles. The van der Waals surface area contributed by atoms with Crippen LogP contribution in [0.25, 0.3) is 0 Å². The Bertz CT molecular complexity index is 984. The summed E-state index contributed by atoms with van der Waals surface area (Å²) in [5.41, 5.74) is 5.67. The van der Waals surface area contributed by atoms with E-state index in [4.69, 9.17) is 4.74 Å². The topological polar surface area (TPSA) is 46.6 Å². The lowest BCUT2D eigenvalue weighted by Gasteiger charge is -2.44. The SMILES string of the molecule is Cc1ccc(C(=O)CN2CCC3(CC2)CC(=O)c2cc(C)c(C)cc2O3)cc1C. The Kier molecular flexibility index (Phi) is 5.07. The first-order valence-electron chi connectivity index (χ1n) is 10.4. The van der Waals surface area contributed by atoms with Gasteiger partial charge in [0.15, 0.2) is 11.6 Å². The Morgan fingerprint density at radius 1 is 0.966 bits per heavy atom. The quantitative estimate of drug-likeness (QED) is 0.717. The van der Waals surface area contributed by atoms with Crippen molar-refractivity contribution >= 4 is 11.6 Å². The van der Waals surface area contributed by atoms with Crippen LogP contribution in [0.15, 0.2) is 30.3 Å². The minimum atomic E-state index is -0.425. The van der Waals surface area contributed by atoms with Crippen LogP contribution in [0.1, 0.15) is 62.2 Å². The standard InChI is InChI=1S/C25H29NO3/c1-16-5-6-20(11-17(16)2)23(28)15-26-9-7-25(8-10-26)14-22(27)21-12-18(3)19(4)13-24(21)29-25/h5-6,11-13H,7-10,14-15H2,1-4H3. The monoisotopic (exact) mass is 391 g/mol. The number of ether oxygens (including phenoxy) is 1. The highest BCUT2D eigenvalue weighted by atomic mass is 16.5. The molecule has 1 saturated heterocycles. The molecule has 0 saturated carbocycles. The van der Waals surface area contributed by atoms with E-state index in [9.17, 15) is 9.59 Å². The highest BCUT2D eigenvalue weighted by Crippen LogP contribution is 2.40. The number of benzene rings is 2.